The highest BCUT2D eigenvalue weighted by molar-refractivity contribution is 6.30. The summed E-state index contributed by atoms with van der Waals surface area (Å²) in [4.78, 5) is 15.3. The van der Waals surface area contributed by atoms with Gasteiger partial charge in [-0.25, -0.2) is 0 Å². The molecular weight excluding hydrogens is 445 g/mol. The molecule has 2 atom stereocenters. The molecule has 0 amide bonds. The van der Waals surface area contributed by atoms with Crippen LogP contribution in [0.5, 0.6) is 5.75 Å². The Balaban J connectivity index is 0.00000289. The van der Waals surface area contributed by atoms with Crippen molar-refractivity contribution in [3.63, 3.8) is 0 Å². The predicted octanol–water partition coefficient (Wildman–Crippen LogP) is 5.23. The van der Waals surface area contributed by atoms with Gasteiger partial charge in [0.05, 0.1) is 11.3 Å². The van der Waals surface area contributed by atoms with Gasteiger partial charge in [0.25, 0.3) is 0 Å². The van der Waals surface area contributed by atoms with E-state index >= 15 is 0 Å². The molecule has 0 bridgehead atoms. The fourth-order valence-corrected chi connectivity index (χ4v) is 4.67. The molecule has 4 rings (SSSR count). The van der Waals surface area contributed by atoms with E-state index in [2.05, 4.69) is 24.3 Å². The summed E-state index contributed by atoms with van der Waals surface area (Å²) in [5.74, 6) is 0.115. The number of carbonyl (C=O) groups excluding carboxylic acids is 1. The van der Waals surface area contributed by atoms with Crippen molar-refractivity contribution in [1.82, 2.24) is 4.90 Å². The summed E-state index contributed by atoms with van der Waals surface area (Å²) in [6, 6.07) is 27.5. The van der Waals surface area contributed by atoms with E-state index in [0.29, 0.717) is 17.3 Å². The number of esters is 1. The fourth-order valence-electron chi connectivity index (χ4n) is 4.55. The third-order valence-electron chi connectivity index (χ3n) is 5.87. The molecule has 3 aromatic rings. The van der Waals surface area contributed by atoms with E-state index in [9.17, 15) is 4.79 Å². The first kappa shape index (κ1) is 24.1. The van der Waals surface area contributed by atoms with Crippen molar-refractivity contribution in [2.75, 3.05) is 27.2 Å². The Morgan fingerprint density at radius 3 is 1.94 bits per heavy atom. The minimum atomic E-state index is -0.670. The monoisotopic (exact) mass is 471 g/mol. The molecule has 0 saturated carbocycles. The van der Waals surface area contributed by atoms with Crippen molar-refractivity contribution in [3.05, 3.63) is 101 Å². The highest BCUT2D eigenvalue weighted by atomic mass is 35.5. The number of rotatable bonds is 7. The number of carbonyl (C=O) groups is 1. The molecule has 1 heterocycles. The van der Waals surface area contributed by atoms with E-state index in [1.54, 1.807) is 12.1 Å². The molecule has 3 aromatic carbocycles. The Morgan fingerprint density at radius 1 is 0.906 bits per heavy atom. The standard InChI is InChI=1S/C26H26ClNO3.ClH/c1-28(2)17-23-25(29)31-24(18-30-22-15-13-21(27)14-16-22)26(23,19-9-5-3-6-10-19)20-11-7-4-8-12-20;/h3-16,23-24H,17-18H2,1-2H3;1H. The van der Waals surface area contributed by atoms with Gasteiger partial charge >= 0.3 is 5.97 Å². The molecule has 0 radical (unpaired) electrons. The van der Waals surface area contributed by atoms with Crippen LogP contribution in [0.3, 0.4) is 0 Å². The quantitative estimate of drug-likeness (QED) is 0.442. The van der Waals surface area contributed by atoms with Crippen molar-refractivity contribution < 1.29 is 14.3 Å². The van der Waals surface area contributed by atoms with E-state index in [-0.39, 0.29) is 30.9 Å². The zero-order valence-electron chi connectivity index (χ0n) is 18.1. The second kappa shape index (κ2) is 10.4. The van der Waals surface area contributed by atoms with Crippen LogP contribution in [-0.4, -0.2) is 44.2 Å². The molecule has 1 aliphatic heterocycles. The van der Waals surface area contributed by atoms with E-state index in [1.807, 2.05) is 67.5 Å². The lowest BCUT2D eigenvalue weighted by Gasteiger charge is -2.38. The van der Waals surface area contributed by atoms with Crippen LogP contribution in [0.25, 0.3) is 0 Å². The predicted molar refractivity (Wildman–Crippen MR) is 130 cm³/mol. The summed E-state index contributed by atoms with van der Waals surface area (Å²) in [6.45, 7) is 0.807. The first-order valence-electron chi connectivity index (χ1n) is 10.4. The molecule has 1 saturated heterocycles. The number of ether oxygens (including phenoxy) is 2. The van der Waals surface area contributed by atoms with E-state index < -0.39 is 11.5 Å². The lowest BCUT2D eigenvalue weighted by molar-refractivity contribution is -0.145. The number of nitrogens with zero attached hydrogens (tertiary/aromatic N) is 1. The van der Waals surface area contributed by atoms with Gasteiger partial charge < -0.3 is 14.4 Å². The summed E-state index contributed by atoms with van der Waals surface area (Å²) in [5.41, 5.74) is 1.42. The molecule has 4 nitrogen and oxygen atoms in total. The van der Waals surface area contributed by atoms with Crippen LogP contribution in [0.2, 0.25) is 5.02 Å². The van der Waals surface area contributed by atoms with Crippen LogP contribution in [0.15, 0.2) is 84.9 Å². The highest BCUT2D eigenvalue weighted by Gasteiger charge is 2.59. The maximum Gasteiger partial charge on any atom is 0.312 e. The molecule has 6 heteroatoms. The van der Waals surface area contributed by atoms with Gasteiger partial charge in [-0.05, 0) is 49.5 Å². The van der Waals surface area contributed by atoms with Crippen LogP contribution in [-0.2, 0) is 14.9 Å². The summed E-state index contributed by atoms with van der Waals surface area (Å²) in [6.07, 6.45) is -0.481. The Labute approximate surface area is 200 Å². The van der Waals surface area contributed by atoms with Crippen LogP contribution >= 0.6 is 24.0 Å². The third kappa shape index (κ3) is 4.63. The SMILES string of the molecule is CN(C)CC1C(=O)OC(COc2ccc(Cl)cc2)C1(c1ccccc1)c1ccccc1.Cl. The van der Waals surface area contributed by atoms with Crippen molar-refractivity contribution in [2.24, 2.45) is 5.92 Å². The zero-order chi connectivity index (χ0) is 21.8. The topological polar surface area (TPSA) is 38.8 Å². The molecular formula is C26H27Cl2NO3. The van der Waals surface area contributed by atoms with Crippen LogP contribution in [0, 0.1) is 5.92 Å². The van der Waals surface area contributed by atoms with Gasteiger partial charge in [-0.15, -0.1) is 12.4 Å². The van der Waals surface area contributed by atoms with Gasteiger partial charge in [0.2, 0.25) is 0 Å². The Bertz CT molecular complexity index is 971. The number of halogens is 2. The van der Waals surface area contributed by atoms with E-state index in [4.69, 9.17) is 21.1 Å². The average molecular weight is 472 g/mol. The van der Waals surface area contributed by atoms with Gasteiger partial charge in [0, 0.05) is 11.6 Å². The molecule has 0 N–H and O–H groups in total. The number of benzene rings is 3. The third-order valence-corrected chi connectivity index (χ3v) is 6.12. The molecule has 0 spiro atoms. The minimum absolute atomic E-state index is 0. The van der Waals surface area contributed by atoms with Gasteiger partial charge in [0.15, 0.2) is 6.10 Å². The molecule has 2 unspecified atom stereocenters. The van der Waals surface area contributed by atoms with Crippen LogP contribution < -0.4 is 4.74 Å². The van der Waals surface area contributed by atoms with E-state index in [1.165, 1.54) is 0 Å². The number of hydrogen-bond acceptors (Lipinski definition) is 4. The summed E-state index contributed by atoms with van der Waals surface area (Å²) >= 11 is 6.00. The van der Waals surface area contributed by atoms with Crippen molar-refractivity contribution in [2.45, 2.75) is 11.5 Å². The Morgan fingerprint density at radius 2 is 1.44 bits per heavy atom. The van der Waals surface area contributed by atoms with Crippen molar-refractivity contribution >= 4 is 30.0 Å². The van der Waals surface area contributed by atoms with Crippen LogP contribution in [0.4, 0.5) is 0 Å². The number of cyclic esters (lactones) is 1. The van der Waals surface area contributed by atoms with Gasteiger partial charge in [-0.2, -0.15) is 0 Å². The van der Waals surface area contributed by atoms with Gasteiger partial charge in [-0.1, -0.05) is 72.3 Å². The Hall–Kier alpha value is -2.53. The minimum Gasteiger partial charge on any atom is -0.490 e. The largest absolute Gasteiger partial charge is 0.490 e. The second-order valence-corrected chi connectivity index (χ2v) is 8.54. The second-order valence-electron chi connectivity index (χ2n) is 8.11. The zero-order valence-corrected chi connectivity index (χ0v) is 19.7. The lowest BCUT2D eigenvalue weighted by Crippen LogP contribution is -2.48. The summed E-state index contributed by atoms with van der Waals surface area (Å²) in [5, 5.41) is 0.647. The summed E-state index contributed by atoms with van der Waals surface area (Å²) in [7, 11) is 3.96. The molecule has 0 aliphatic carbocycles. The van der Waals surface area contributed by atoms with Crippen molar-refractivity contribution in [3.8, 4) is 5.75 Å². The number of hydrogen-bond donors (Lipinski definition) is 0. The molecule has 32 heavy (non-hydrogen) atoms. The van der Waals surface area contributed by atoms with Crippen molar-refractivity contribution in [1.29, 1.82) is 0 Å². The maximum atomic E-state index is 13.2. The molecule has 0 aromatic heterocycles. The highest BCUT2D eigenvalue weighted by Crippen LogP contribution is 2.49. The fraction of sp³-hybridized carbons (Fsp3) is 0.269. The molecule has 1 fully saturated rings. The molecule has 168 valence electrons. The van der Waals surface area contributed by atoms with Crippen LogP contribution in [0.1, 0.15) is 11.1 Å². The maximum absolute atomic E-state index is 13.2. The first-order chi connectivity index (χ1) is 15.0. The Kier molecular flexibility index (Phi) is 7.83. The van der Waals surface area contributed by atoms with Gasteiger partial charge in [0.1, 0.15) is 12.4 Å². The first-order valence-corrected chi connectivity index (χ1v) is 10.7. The normalized spacial score (nSPS) is 19.3. The average Bonchev–Trinajstić information content (AvgIpc) is 3.06. The molecule has 1 aliphatic rings. The smallest absolute Gasteiger partial charge is 0.312 e. The summed E-state index contributed by atoms with van der Waals surface area (Å²) < 4.78 is 12.1. The lowest BCUT2D eigenvalue weighted by atomic mass is 9.63. The van der Waals surface area contributed by atoms with Gasteiger partial charge in [-0.3, -0.25) is 4.79 Å². The van der Waals surface area contributed by atoms with E-state index in [0.717, 1.165) is 11.1 Å².